The van der Waals surface area contributed by atoms with Gasteiger partial charge in [0.2, 0.25) is 11.8 Å². The summed E-state index contributed by atoms with van der Waals surface area (Å²) >= 11 is 6.07. The van der Waals surface area contributed by atoms with E-state index in [2.05, 4.69) is 10.3 Å². The Morgan fingerprint density at radius 2 is 2.12 bits per heavy atom. The Bertz CT molecular complexity index is 782. The van der Waals surface area contributed by atoms with Gasteiger partial charge in [-0.25, -0.2) is 0 Å². The third-order valence-electron chi connectivity index (χ3n) is 4.13. The average molecular weight is 360 g/mol. The lowest BCUT2D eigenvalue weighted by Crippen LogP contribution is -2.28. The molecular formula is C18H18ClN3O3. The fourth-order valence-electron chi connectivity index (χ4n) is 2.80. The van der Waals surface area contributed by atoms with E-state index in [1.165, 1.54) is 7.11 Å². The predicted octanol–water partition coefficient (Wildman–Crippen LogP) is 2.73. The number of pyridine rings is 1. The molecule has 2 heterocycles. The Morgan fingerprint density at radius 1 is 1.36 bits per heavy atom. The highest BCUT2D eigenvalue weighted by Gasteiger charge is 2.34. The summed E-state index contributed by atoms with van der Waals surface area (Å²) in [6.07, 6.45) is 3.59. The predicted molar refractivity (Wildman–Crippen MR) is 94.4 cm³/mol. The molecule has 25 heavy (non-hydrogen) atoms. The zero-order valence-corrected chi connectivity index (χ0v) is 14.5. The summed E-state index contributed by atoms with van der Waals surface area (Å²) < 4.78 is 5.09. The van der Waals surface area contributed by atoms with Crippen molar-refractivity contribution < 1.29 is 14.3 Å². The monoisotopic (exact) mass is 359 g/mol. The van der Waals surface area contributed by atoms with Crippen molar-refractivity contribution in [2.75, 3.05) is 19.0 Å². The van der Waals surface area contributed by atoms with Crippen molar-refractivity contribution in [1.82, 2.24) is 9.88 Å². The molecule has 1 unspecified atom stereocenters. The highest BCUT2D eigenvalue weighted by molar-refractivity contribution is 6.32. The minimum atomic E-state index is -0.379. The van der Waals surface area contributed by atoms with Gasteiger partial charge in [0.1, 0.15) is 5.75 Å². The van der Waals surface area contributed by atoms with Crippen LogP contribution in [0.15, 0.2) is 42.7 Å². The second-order valence-corrected chi connectivity index (χ2v) is 6.28. The van der Waals surface area contributed by atoms with Gasteiger partial charge < -0.3 is 15.0 Å². The Labute approximate surface area is 150 Å². The molecule has 1 atom stereocenters. The van der Waals surface area contributed by atoms with Crippen LogP contribution < -0.4 is 10.1 Å². The van der Waals surface area contributed by atoms with Crippen molar-refractivity contribution in [2.24, 2.45) is 5.92 Å². The number of benzene rings is 1. The number of amides is 2. The highest BCUT2D eigenvalue weighted by atomic mass is 35.5. The molecule has 0 saturated carbocycles. The van der Waals surface area contributed by atoms with Crippen LogP contribution in [0.2, 0.25) is 5.02 Å². The number of rotatable bonds is 5. The maximum atomic E-state index is 12.4. The third-order valence-corrected chi connectivity index (χ3v) is 4.42. The van der Waals surface area contributed by atoms with Crippen LogP contribution in [0.5, 0.6) is 5.75 Å². The van der Waals surface area contributed by atoms with Gasteiger partial charge in [-0.1, -0.05) is 11.6 Å². The Hall–Kier alpha value is -2.60. The summed E-state index contributed by atoms with van der Waals surface area (Å²) in [6, 6.07) is 8.76. The second-order valence-electron chi connectivity index (χ2n) is 5.87. The standard InChI is InChI=1S/C18H18ClN3O3/c1-25-16-3-2-14(9-15(16)19)21-18(24)13-8-17(23)22(11-13)10-12-4-6-20-7-5-12/h2-7,9,13H,8,10-11H2,1H3,(H,21,24). The molecule has 1 fully saturated rings. The number of halogens is 1. The molecule has 1 aromatic carbocycles. The maximum Gasteiger partial charge on any atom is 0.229 e. The summed E-state index contributed by atoms with van der Waals surface area (Å²) in [5.41, 5.74) is 1.57. The van der Waals surface area contributed by atoms with E-state index < -0.39 is 0 Å². The summed E-state index contributed by atoms with van der Waals surface area (Å²) in [5.74, 6) is -0.0500. The SMILES string of the molecule is COc1ccc(NC(=O)C2CC(=O)N(Cc3ccncc3)C2)cc1Cl. The van der Waals surface area contributed by atoms with Gasteiger partial charge in [-0.05, 0) is 35.9 Å². The Balaban J connectivity index is 1.61. The molecule has 0 spiro atoms. The lowest BCUT2D eigenvalue weighted by atomic mass is 10.1. The van der Waals surface area contributed by atoms with Gasteiger partial charge in [0, 0.05) is 37.6 Å². The molecule has 1 aliphatic rings. The number of likely N-dealkylation sites (tertiary alicyclic amines) is 1. The van der Waals surface area contributed by atoms with Crippen molar-refractivity contribution in [3.05, 3.63) is 53.3 Å². The van der Waals surface area contributed by atoms with Crippen LogP contribution in [0.3, 0.4) is 0 Å². The fraction of sp³-hybridized carbons (Fsp3) is 0.278. The summed E-state index contributed by atoms with van der Waals surface area (Å²) in [6.45, 7) is 0.885. The average Bonchev–Trinajstić information content (AvgIpc) is 2.97. The molecule has 1 aromatic heterocycles. The minimum absolute atomic E-state index is 0.0234. The smallest absolute Gasteiger partial charge is 0.229 e. The number of carbonyl (C=O) groups excluding carboxylic acids is 2. The molecule has 1 saturated heterocycles. The first-order valence-corrected chi connectivity index (χ1v) is 8.25. The van der Waals surface area contributed by atoms with Crippen molar-refractivity contribution in [3.63, 3.8) is 0 Å². The highest BCUT2D eigenvalue weighted by Crippen LogP contribution is 2.28. The van der Waals surface area contributed by atoms with E-state index >= 15 is 0 Å². The van der Waals surface area contributed by atoms with Crippen LogP contribution >= 0.6 is 11.6 Å². The number of ether oxygens (including phenoxy) is 1. The van der Waals surface area contributed by atoms with Gasteiger partial charge in [0.25, 0.3) is 0 Å². The molecular weight excluding hydrogens is 342 g/mol. The molecule has 130 valence electrons. The van der Waals surface area contributed by atoms with Crippen LogP contribution in [-0.2, 0) is 16.1 Å². The molecule has 0 radical (unpaired) electrons. The van der Waals surface area contributed by atoms with Gasteiger partial charge in [-0.2, -0.15) is 0 Å². The minimum Gasteiger partial charge on any atom is -0.495 e. The zero-order chi connectivity index (χ0) is 17.8. The van der Waals surface area contributed by atoms with Crippen LogP contribution in [0.25, 0.3) is 0 Å². The van der Waals surface area contributed by atoms with Gasteiger partial charge in [0.15, 0.2) is 0 Å². The molecule has 1 aliphatic heterocycles. The van der Waals surface area contributed by atoms with Crippen LogP contribution in [0.1, 0.15) is 12.0 Å². The molecule has 2 amide bonds. The molecule has 0 aliphatic carbocycles. The molecule has 7 heteroatoms. The topological polar surface area (TPSA) is 71.5 Å². The van der Waals surface area contributed by atoms with Gasteiger partial charge >= 0.3 is 0 Å². The van der Waals surface area contributed by atoms with E-state index in [4.69, 9.17) is 16.3 Å². The number of aromatic nitrogens is 1. The molecule has 2 aromatic rings. The Kier molecular flexibility index (Phi) is 5.19. The fourth-order valence-corrected chi connectivity index (χ4v) is 3.06. The first kappa shape index (κ1) is 17.2. The number of hydrogen-bond acceptors (Lipinski definition) is 4. The normalized spacial score (nSPS) is 16.8. The van der Waals surface area contributed by atoms with Crippen LogP contribution in [-0.4, -0.2) is 35.4 Å². The molecule has 6 nitrogen and oxygen atoms in total. The number of methoxy groups -OCH3 is 1. The summed E-state index contributed by atoms with van der Waals surface area (Å²) in [5, 5.41) is 3.23. The lowest BCUT2D eigenvalue weighted by Gasteiger charge is -2.16. The quantitative estimate of drug-likeness (QED) is 0.891. The molecule has 0 bridgehead atoms. The van der Waals surface area contributed by atoms with E-state index in [0.29, 0.717) is 29.5 Å². The van der Waals surface area contributed by atoms with Crippen molar-refractivity contribution >= 4 is 29.1 Å². The number of nitrogens with zero attached hydrogens (tertiary/aromatic N) is 2. The van der Waals surface area contributed by atoms with E-state index in [-0.39, 0.29) is 24.2 Å². The van der Waals surface area contributed by atoms with E-state index in [0.717, 1.165) is 5.56 Å². The first-order chi connectivity index (χ1) is 12.1. The third kappa shape index (κ3) is 4.09. The van der Waals surface area contributed by atoms with Crippen molar-refractivity contribution in [3.8, 4) is 5.75 Å². The van der Waals surface area contributed by atoms with Gasteiger partial charge in [-0.3, -0.25) is 14.6 Å². The van der Waals surface area contributed by atoms with E-state index in [1.54, 1.807) is 35.5 Å². The molecule has 1 N–H and O–H groups in total. The largest absolute Gasteiger partial charge is 0.495 e. The molecule has 3 rings (SSSR count). The number of anilines is 1. The van der Waals surface area contributed by atoms with E-state index in [9.17, 15) is 9.59 Å². The summed E-state index contributed by atoms with van der Waals surface area (Å²) in [7, 11) is 1.53. The second kappa shape index (κ2) is 7.53. The lowest BCUT2D eigenvalue weighted by molar-refractivity contribution is -0.128. The van der Waals surface area contributed by atoms with Gasteiger partial charge in [0.05, 0.1) is 18.1 Å². The summed E-state index contributed by atoms with van der Waals surface area (Å²) in [4.78, 5) is 30.3. The van der Waals surface area contributed by atoms with Crippen molar-refractivity contribution in [1.29, 1.82) is 0 Å². The number of hydrogen-bond donors (Lipinski definition) is 1. The number of nitrogens with one attached hydrogen (secondary N) is 1. The van der Waals surface area contributed by atoms with Crippen molar-refractivity contribution in [2.45, 2.75) is 13.0 Å². The first-order valence-electron chi connectivity index (χ1n) is 7.88. The van der Waals surface area contributed by atoms with Gasteiger partial charge in [-0.15, -0.1) is 0 Å². The van der Waals surface area contributed by atoms with Crippen LogP contribution in [0.4, 0.5) is 5.69 Å². The number of carbonyl (C=O) groups is 2. The van der Waals surface area contributed by atoms with E-state index in [1.807, 2.05) is 12.1 Å². The van der Waals surface area contributed by atoms with Crippen LogP contribution in [0, 0.1) is 5.92 Å². The Morgan fingerprint density at radius 3 is 2.80 bits per heavy atom. The maximum absolute atomic E-state index is 12.4. The zero-order valence-electron chi connectivity index (χ0n) is 13.7.